The van der Waals surface area contributed by atoms with E-state index >= 15 is 0 Å². The van der Waals surface area contributed by atoms with E-state index in [0.717, 1.165) is 24.9 Å². The number of carboxylic acid groups (broad SMARTS) is 1. The quantitative estimate of drug-likeness (QED) is 0.884. The number of nitrogens with zero attached hydrogens (tertiary/aromatic N) is 2. The van der Waals surface area contributed by atoms with Gasteiger partial charge in [-0.05, 0) is 48.9 Å². The van der Waals surface area contributed by atoms with Crippen LogP contribution in [0.1, 0.15) is 46.0 Å². The monoisotopic (exact) mass is 324 g/mol. The van der Waals surface area contributed by atoms with Gasteiger partial charge in [-0.2, -0.15) is 0 Å². The van der Waals surface area contributed by atoms with E-state index in [9.17, 15) is 9.59 Å². The van der Waals surface area contributed by atoms with Crippen molar-refractivity contribution in [1.82, 2.24) is 4.98 Å². The number of carbonyl (C=O) groups excluding carboxylic acids is 1. The van der Waals surface area contributed by atoms with Gasteiger partial charge in [-0.3, -0.25) is 9.78 Å². The summed E-state index contributed by atoms with van der Waals surface area (Å²) >= 11 is 0. The molecule has 0 atom stereocenters. The van der Waals surface area contributed by atoms with E-state index < -0.39 is 5.97 Å². The fraction of sp³-hybridized carbons (Fsp3) is 0.316. The average Bonchev–Trinajstić information content (AvgIpc) is 3.43. The lowest BCUT2D eigenvalue weighted by atomic mass is 10.1. The molecule has 1 aromatic heterocycles. The second-order valence-corrected chi connectivity index (χ2v) is 6.15. The molecule has 1 heterocycles. The Morgan fingerprint density at radius 3 is 2.42 bits per heavy atom. The van der Waals surface area contributed by atoms with E-state index in [1.165, 1.54) is 24.0 Å². The van der Waals surface area contributed by atoms with Crippen molar-refractivity contribution in [3.8, 4) is 0 Å². The molecule has 1 N–H and O–H groups in total. The van der Waals surface area contributed by atoms with E-state index in [-0.39, 0.29) is 11.5 Å². The second-order valence-electron chi connectivity index (χ2n) is 6.15. The molecule has 1 amide bonds. The van der Waals surface area contributed by atoms with Crippen LogP contribution in [0.25, 0.3) is 0 Å². The lowest BCUT2D eigenvalue weighted by Crippen LogP contribution is -2.33. The first-order valence-corrected chi connectivity index (χ1v) is 8.17. The lowest BCUT2D eigenvalue weighted by molar-refractivity contribution is 0.0696. The molecular formula is C19H20N2O3. The first-order valence-electron chi connectivity index (χ1n) is 8.17. The molecular weight excluding hydrogens is 304 g/mol. The van der Waals surface area contributed by atoms with Crippen molar-refractivity contribution < 1.29 is 14.7 Å². The lowest BCUT2D eigenvalue weighted by Gasteiger charge is -2.23. The Morgan fingerprint density at radius 2 is 1.83 bits per heavy atom. The molecule has 24 heavy (non-hydrogen) atoms. The van der Waals surface area contributed by atoms with Crippen molar-refractivity contribution in [3.05, 3.63) is 59.4 Å². The largest absolute Gasteiger partial charge is 0.478 e. The SMILES string of the molecule is CCc1ccc(N(CC2CC2)C(=O)c2cncc(C(=O)O)c2)cc1. The number of aromatic carboxylic acids is 1. The number of aryl methyl sites for hydroxylation is 1. The Morgan fingerprint density at radius 1 is 1.17 bits per heavy atom. The van der Waals surface area contributed by atoms with Crippen molar-refractivity contribution in [2.45, 2.75) is 26.2 Å². The zero-order valence-electron chi connectivity index (χ0n) is 13.6. The van der Waals surface area contributed by atoms with Crippen LogP contribution in [0.4, 0.5) is 5.69 Å². The summed E-state index contributed by atoms with van der Waals surface area (Å²) in [5.41, 5.74) is 2.38. The summed E-state index contributed by atoms with van der Waals surface area (Å²) in [4.78, 5) is 29.7. The molecule has 124 valence electrons. The van der Waals surface area contributed by atoms with Crippen molar-refractivity contribution in [2.75, 3.05) is 11.4 Å². The summed E-state index contributed by atoms with van der Waals surface area (Å²) in [7, 11) is 0. The van der Waals surface area contributed by atoms with E-state index in [1.807, 2.05) is 24.3 Å². The van der Waals surface area contributed by atoms with E-state index in [4.69, 9.17) is 5.11 Å². The van der Waals surface area contributed by atoms with Crippen molar-refractivity contribution in [2.24, 2.45) is 5.92 Å². The number of carbonyl (C=O) groups is 2. The highest BCUT2D eigenvalue weighted by Crippen LogP contribution is 2.32. The van der Waals surface area contributed by atoms with Crippen LogP contribution in [0.3, 0.4) is 0 Å². The molecule has 1 aliphatic carbocycles. The number of rotatable bonds is 6. The van der Waals surface area contributed by atoms with Gasteiger partial charge in [0.15, 0.2) is 0 Å². The second kappa shape index (κ2) is 6.83. The number of aromatic nitrogens is 1. The molecule has 0 spiro atoms. The summed E-state index contributed by atoms with van der Waals surface area (Å²) in [5.74, 6) is -0.768. The molecule has 2 aromatic rings. The summed E-state index contributed by atoms with van der Waals surface area (Å²) in [5, 5.41) is 9.09. The molecule has 1 aromatic carbocycles. The molecule has 0 unspecified atom stereocenters. The van der Waals surface area contributed by atoms with Gasteiger partial charge in [0, 0.05) is 24.6 Å². The maximum Gasteiger partial charge on any atom is 0.337 e. The van der Waals surface area contributed by atoms with Gasteiger partial charge in [0.2, 0.25) is 0 Å². The molecule has 1 fully saturated rings. The number of hydrogen-bond acceptors (Lipinski definition) is 3. The normalized spacial score (nSPS) is 13.5. The molecule has 0 radical (unpaired) electrons. The minimum absolute atomic E-state index is 0.0218. The Labute approximate surface area is 140 Å². The molecule has 0 saturated heterocycles. The third-order valence-electron chi connectivity index (χ3n) is 4.27. The summed E-state index contributed by atoms with van der Waals surface area (Å²) in [6.07, 6.45) is 5.88. The van der Waals surface area contributed by atoms with E-state index in [0.29, 0.717) is 18.0 Å². The van der Waals surface area contributed by atoms with E-state index in [2.05, 4.69) is 11.9 Å². The zero-order valence-corrected chi connectivity index (χ0v) is 13.6. The predicted molar refractivity (Wildman–Crippen MR) is 91.4 cm³/mol. The first-order chi connectivity index (χ1) is 11.6. The maximum absolute atomic E-state index is 12.9. The minimum atomic E-state index is -1.09. The van der Waals surface area contributed by atoms with Gasteiger partial charge in [-0.15, -0.1) is 0 Å². The van der Waals surface area contributed by atoms with Gasteiger partial charge >= 0.3 is 5.97 Å². The Hall–Kier alpha value is -2.69. The van der Waals surface area contributed by atoms with Crippen molar-refractivity contribution in [3.63, 3.8) is 0 Å². The van der Waals surface area contributed by atoms with Crippen LogP contribution in [0.2, 0.25) is 0 Å². The highest BCUT2D eigenvalue weighted by molar-refractivity contribution is 6.07. The summed E-state index contributed by atoms with van der Waals surface area (Å²) in [6.45, 7) is 2.74. The molecule has 1 aliphatic rings. The van der Waals surface area contributed by atoms with Gasteiger partial charge < -0.3 is 10.0 Å². The fourth-order valence-corrected chi connectivity index (χ4v) is 2.61. The van der Waals surface area contributed by atoms with Crippen LogP contribution in [0.5, 0.6) is 0 Å². The maximum atomic E-state index is 12.9. The van der Waals surface area contributed by atoms with Crippen LogP contribution >= 0.6 is 0 Å². The summed E-state index contributed by atoms with van der Waals surface area (Å²) < 4.78 is 0. The molecule has 0 aliphatic heterocycles. The first kappa shape index (κ1) is 16.2. The van der Waals surface area contributed by atoms with E-state index in [1.54, 1.807) is 4.90 Å². The number of benzene rings is 1. The molecule has 3 rings (SSSR count). The highest BCUT2D eigenvalue weighted by atomic mass is 16.4. The van der Waals surface area contributed by atoms with Crippen LogP contribution in [0.15, 0.2) is 42.7 Å². The van der Waals surface area contributed by atoms with Crippen molar-refractivity contribution >= 4 is 17.6 Å². The van der Waals surface area contributed by atoms with Gasteiger partial charge in [0.1, 0.15) is 0 Å². The molecule has 5 nitrogen and oxygen atoms in total. The fourth-order valence-electron chi connectivity index (χ4n) is 2.61. The predicted octanol–water partition coefficient (Wildman–Crippen LogP) is 3.40. The van der Waals surface area contributed by atoms with Crippen LogP contribution in [-0.2, 0) is 6.42 Å². The van der Waals surface area contributed by atoms with Crippen LogP contribution in [0, 0.1) is 5.92 Å². The molecule has 5 heteroatoms. The number of amides is 1. The standard InChI is InChI=1S/C19H20N2O3/c1-2-13-5-7-17(8-6-13)21(12-14-3-4-14)18(22)15-9-16(19(23)24)11-20-10-15/h5-11,14H,2-4,12H2,1H3,(H,23,24). The van der Waals surface area contributed by atoms with Gasteiger partial charge in [0.05, 0.1) is 11.1 Å². The van der Waals surface area contributed by atoms with Crippen LogP contribution < -0.4 is 4.90 Å². The van der Waals surface area contributed by atoms with Gasteiger partial charge in [0.25, 0.3) is 5.91 Å². The third kappa shape index (κ3) is 3.62. The smallest absolute Gasteiger partial charge is 0.337 e. The van der Waals surface area contributed by atoms with Gasteiger partial charge in [-0.25, -0.2) is 4.79 Å². The number of hydrogen-bond donors (Lipinski definition) is 1. The molecule has 1 saturated carbocycles. The topological polar surface area (TPSA) is 70.5 Å². The zero-order chi connectivity index (χ0) is 17.1. The highest BCUT2D eigenvalue weighted by Gasteiger charge is 2.28. The summed E-state index contributed by atoms with van der Waals surface area (Å²) in [6, 6.07) is 9.34. The Balaban J connectivity index is 1.90. The molecule has 0 bridgehead atoms. The average molecular weight is 324 g/mol. The minimum Gasteiger partial charge on any atom is -0.478 e. The third-order valence-corrected chi connectivity index (χ3v) is 4.27. The Kier molecular flexibility index (Phi) is 4.60. The number of anilines is 1. The number of carboxylic acids is 1. The Bertz CT molecular complexity index is 751. The van der Waals surface area contributed by atoms with Crippen molar-refractivity contribution in [1.29, 1.82) is 0 Å². The van der Waals surface area contributed by atoms with Gasteiger partial charge in [-0.1, -0.05) is 19.1 Å². The number of pyridine rings is 1. The van der Waals surface area contributed by atoms with Crippen LogP contribution in [-0.4, -0.2) is 28.5 Å².